The van der Waals surface area contributed by atoms with Gasteiger partial charge in [-0.2, -0.15) is 0 Å². The van der Waals surface area contributed by atoms with Gasteiger partial charge < -0.3 is 0 Å². The Kier molecular flexibility index (Phi) is 4.76. The molecule has 0 amide bonds. The van der Waals surface area contributed by atoms with Gasteiger partial charge in [0.15, 0.2) is 5.78 Å². The van der Waals surface area contributed by atoms with E-state index in [0.29, 0.717) is 5.02 Å². The molecule has 0 aliphatic rings. The highest BCUT2D eigenvalue weighted by molar-refractivity contribution is 6.31. The topological polar surface area (TPSA) is 17.1 Å². The van der Waals surface area contributed by atoms with Crippen LogP contribution in [0.5, 0.6) is 0 Å². The Balaban J connectivity index is 2.87. The van der Waals surface area contributed by atoms with E-state index in [1.54, 1.807) is 12.1 Å². The number of hydrogen-bond acceptors (Lipinski definition) is 1. The zero-order valence-corrected chi connectivity index (χ0v) is 11.8. The SMILES string of the molecule is CCC(CC(C)(C)C)C(=O)c1cccc(Cl)c1. The van der Waals surface area contributed by atoms with E-state index in [1.165, 1.54) is 0 Å². The van der Waals surface area contributed by atoms with Gasteiger partial charge in [-0.3, -0.25) is 4.79 Å². The van der Waals surface area contributed by atoms with Gasteiger partial charge in [0, 0.05) is 16.5 Å². The zero-order valence-electron chi connectivity index (χ0n) is 11.1. The molecule has 0 saturated heterocycles. The fraction of sp³-hybridized carbons (Fsp3) is 0.533. The van der Waals surface area contributed by atoms with Gasteiger partial charge in [0.05, 0.1) is 0 Å². The number of carbonyl (C=O) groups is 1. The van der Waals surface area contributed by atoms with E-state index >= 15 is 0 Å². The van der Waals surface area contributed by atoms with Gasteiger partial charge in [-0.15, -0.1) is 0 Å². The summed E-state index contributed by atoms with van der Waals surface area (Å²) < 4.78 is 0. The number of carbonyl (C=O) groups excluding carboxylic acids is 1. The summed E-state index contributed by atoms with van der Waals surface area (Å²) in [6, 6.07) is 7.23. The van der Waals surface area contributed by atoms with Crippen LogP contribution in [0, 0.1) is 11.3 Å². The fourth-order valence-electron chi connectivity index (χ4n) is 2.04. The van der Waals surface area contributed by atoms with E-state index in [1.807, 2.05) is 12.1 Å². The van der Waals surface area contributed by atoms with E-state index in [2.05, 4.69) is 27.7 Å². The molecule has 0 heterocycles. The zero-order chi connectivity index (χ0) is 13.1. The lowest BCUT2D eigenvalue weighted by atomic mass is 9.80. The van der Waals surface area contributed by atoms with Crippen molar-refractivity contribution in [3.05, 3.63) is 34.9 Å². The van der Waals surface area contributed by atoms with Crippen LogP contribution >= 0.6 is 11.6 Å². The molecule has 0 aromatic heterocycles. The molecule has 0 aliphatic heterocycles. The van der Waals surface area contributed by atoms with Gasteiger partial charge in [-0.25, -0.2) is 0 Å². The van der Waals surface area contributed by atoms with E-state index in [9.17, 15) is 4.79 Å². The molecular formula is C15H21ClO. The molecular weight excluding hydrogens is 232 g/mol. The summed E-state index contributed by atoms with van der Waals surface area (Å²) in [6.45, 7) is 8.57. The molecule has 0 fully saturated rings. The van der Waals surface area contributed by atoms with Crippen molar-refractivity contribution in [2.75, 3.05) is 0 Å². The smallest absolute Gasteiger partial charge is 0.166 e. The number of Topliss-reactive ketones (excluding diaryl/α,β-unsaturated/α-hetero) is 1. The predicted molar refractivity (Wildman–Crippen MR) is 73.6 cm³/mol. The molecule has 1 aromatic rings. The second-order valence-electron chi connectivity index (χ2n) is 5.74. The number of halogens is 1. The van der Waals surface area contributed by atoms with Gasteiger partial charge in [0.1, 0.15) is 0 Å². The summed E-state index contributed by atoms with van der Waals surface area (Å²) in [6.07, 6.45) is 1.79. The average Bonchev–Trinajstić information content (AvgIpc) is 2.23. The maximum Gasteiger partial charge on any atom is 0.166 e. The summed E-state index contributed by atoms with van der Waals surface area (Å²) in [7, 11) is 0. The Labute approximate surface area is 109 Å². The van der Waals surface area contributed by atoms with Crippen LogP contribution in [0.15, 0.2) is 24.3 Å². The first-order chi connectivity index (χ1) is 7.83. The minimum absolute atomic E-state index is 0.0912. The first-order valence-electron chi connectivity index (χ1n) is 6.13. The lowest BCUT2D eigenvalue weighted by Crippen LogP contribution is -2.20. The number of hydrogen-bond donors (Lipinski definition) is 0. The van der Waals surface area contributed by atoms with Crippen molar-refractivity contribution in [2.24, 2.45) is 11.3 Å². The minimum atomic E-state index is 0.0912. The third kappa shape index (κ3) is 4.51. The molecule has 1 unspecified atom stereocenters. The molecule has 1 nitrogen and oxygen atoms in total. The Morgan fingerprint density at radius 1 is 1.35 bits per heavy atom. The van der Waals surface area contributed by atoms with E-state index in [-0.39, 0.29) is 17.1 Å². The monoisotopic (exact) mass is 252 g/mol. The number of rotatable bonds is 4. The lowest BCUT2D eigenvalue weighted by molar-refractivity contribution is 0.0879. The normalized spacial score (nSPS) is 13.5. The molecule has 1 rings (SSSR count). The molecule has 0 spiro atoms. The molecule has 94 valence electrons. The van der Waals surface area contributed by atoms with Crippen molar-refractivity contribution in [2.45, 2.75) is 40.5 Å². The molecule has 17 heavy (non-hydrogen) atoms. The molecule has 0 N–H and O–H groups in total. The van der Waals surface area contributed by atoms with E-state index in [4.69, 9.17) is 11.6 Å². The van der Waals surface area contributed by atoms with Crippen LogP contribution in [-0.4, -0.2) is 5.78 Å². The largest absolute Gasteiger partial charge is 0.294 e. The van der Waals surface area contributed by atoms with Crippen LogP contribution in [0.1, 0.15) is 50.9 Å². The second-order valence-corrected chi connectivity index (χ2v) is 6.18. The number of ketones is 1. The van der Waals surface area contributed by atoms with Crippen molar-refractivity contribution in [1.82, 2.24) is 0 Å². The first kappa shape index (κ1) is 14.2. The fourth-order valence-corrected chi connectivity index (χ4v) is 2.23. The summed E-state index contributed by atoms with van der Waals surface area (Å²) >= 11 is 5.92. The second kappa shape index (κ2) is 5.68. The standard InChI is InChI=1S/C15H21ClO/c1-5-11(10-15(2,3)4)14(17)12-7-6-8-13(16)9-12/h6-9,11H,5,10H2,1-4H3. The summed E-state index contributed by atoms with van der Waals surface area (Å²) in [5.41, 5.74) is 0.906. The molecule has 0 bridgehead atoms. The summed E-state index contributed by atoms with van der Waals surface area (Å²) in [5, 5.41) is 0.626. The maximum atomic E-state index is 12.3. The van der Waals surface area contributed by atoms with Crippen LogP contribution in [0.2, 0.25) is 5.02 Å². The van der Waals surface area contributed by atoms with Gasteiger partial charge >= 0.3 is 0 Å². The van der Waals surface area contributed by atoms with Crippen LogP contribution in [0.25, 0.3) is 0 Å². The third-order valence-electron chi connectivity index (χ3n) is 2.83. The highest BCUT2D eigenvalue weighted by atomic mass is 35.5. The molecule has 0 radical (unpaired) electrons. The summed E-state index contributed by atoms with van der Waals surface area (Å²) in [5.74, 6) is 0.304. The molecule has 0 aliphatic carbocycles. The van der Waals surface area contributed by atoms with Crippen LogP contribution < -0.4 is 0 Å². The van der Waals surface area contributed by atoms with Crippen LogP contribution in [0.3, 0.4) is 0 Å². The van der Waals surface area contributed by atoms with Crippen molar-refractivity contribution < 1.29 is 4.79 Å². The van der Waals surface area contributed by atoms with Gasteiger partial charge in [-0.1, -0.05) is 51.4 Å². The minimum Gasteiger partial charge on any atom is -0.294 e. The lowest BCUT2D eigenvalue weighted by Gasteiger charge is -2.24. The van der Waals surface area contributed by atoms with Gasteiger partial charge in [0.2, 0.25) is 0 Å². The third-order valence-corrected chi connectivity index (χ3v) is 3.07. The van der Waals surface area contributed by atoms with E-state index in [0.717, 1.165) is 18.4 Å². The highest BCUT2D eigenvalue weighted by Gasteiger charge is 2.24. The molecule has 2 heteroatoms. The Morgan fingerprint density at radius 2 is 2.00 bits per heavy atom. The number of benzene rings is 1. The Bertz CT molecular complexity index is 390. The first-order valence-corrected chi connectivity index (χ1v) is 6.51. The molecule has 1 atom stereocenters. The van der Waals surface area contributed by atoms with Gasteiger partial charge in [0.25, 0.3) is 0 Å². The summed E-state index contributed by atoms with van der Waals surface area (Å²) in [4.78, 5) is 12.3. The van der Waals surface area contributed by atoms with Crippen molar-refractivity contribution in [3.8, 4) is 0 Å². The highest BCUT2D eigenvalue weighted by Crippen LogP contribution is 2.29. The van der Waals surface area contributed by atoms with Crippen LogP contribution in [-0.2, 0) is 0 Å². The molecule has 0 saturated carbocycles. The van der Waals surface area contributed by atoms with Crippen molar-refractivity contribution >= 4 is 17.4 Å². The van der Waals surface area contributed by atoms with Crippen LogP contribution in [0.4, 0.5) is 0 Å². The quantitative estimate of drug-likeness (QED) is 0.691. The maximum absolute atomic E-state index is 12.3. The van der Waals surface area contributed by atoms with Crippen molar-refractivity contribution in [3.63, 3.8) is 0 Å². The molecule has 1 aromatic carbocycles. The van der Waals surface area contributed by atoms with Crippen molar-refractivity contribution in [1.29, 1.82) is 0 Å². The van der Waals surface area contributed by atoms with Gasteiger partial charge in [-0.05, 0) is 30.4 Å². The Morgan fingerprint density at radius 3 is 2.47 bits per heavy atom. The van der Waals surface area contributed by atoms with E-state index < -0.39 is 0 Å². The predicted octanol–water partition coefficient (Wildman–Crippen LogP) is 4.99. The Hall–Kier alpha value is -0.820. The average molecular weight is 253 g/mol.